The molecule has 1 aromatic heterocycles. The fraction of sp³-hybridized carbons (Fsp3) is 0.294. The molecule has 1 amide bonds. The van der Waals surface area contributed by atoms with Gasteiger partial charge in [0.15, 0.2) is 0 Å². The lowest BCUT2D eigenvalue weighted by Gasteiger charge is -2.09. The predicted octanol–water partition coefficient (Wildman–Crippen LogP) is 1.99. The number of hydrogen-bond acceptors (Lipinski definition) is 3. The quantitative estimate of drug-likeness (QED) is 0.796. The number of rotatable bonds is 7. The second kappa shape index (κ2) is 8.14. The van der Waals surface area contributed by atoms with E-state index in [2.05, 4.69) is 5.32 Å². The van der Waals surface area contributed by atoms with Gasteiger partial charge in [0.2, 0.25) is 0 Å². The van der Waals surface area contributed by atoms with Gasteiger partial charge in [-0.05, 0) is 31.5 Å². The summed E-state index contributed by atoms with van der Waals surface area (Å²) >= 11 is 0. The molecule has 0 fully saturated rings. The highest BCUT2D eigenvalue weighted by atomic mass is 16.5. The number of carbonyl (C=O) groups excluding carboxylic acids is 1. The van der Waals surface area contributed by atoms with E-state index < -0.39 is 0 Å². The van der Waals surface area contributed by atoms with Gasteiger partial charge in [-0.1, -0.05) is 18.2 Å². The molecule has 0 aliphatic heterocycles. The van der Waals surface area contributed by atoms with E-state index in [1.54, 1.807) is 12.3 Å². The first-order chi connectivity index (χ1) is 10.7. The number of nitrogens with one attached hydrogen (secondary N) is 1. The van der Waals surface area contributed by atoms with Gasteiger partial charge in [0.1, 0.15) is 0 Å². The van der Waals surface area contributed by atoms with E-state index >= 15 is 0 Å². The minimum absolute atomic E-state index is 0.168. The summed E-state index contributed by atoms with van der Waals surface area (Å²) in [6, 6.07) is 12.2. The van der Waals surface area contributed by atoms with Crippen LogP contribution in [0, 0.1) is 0 Å². The van der Waals surface area contributed by atoms with Gasteiger partial charge in [-0.25, -0.2) is 0 Å². The third-order valence-corrected chi connectivity index (χ3v) is 3.16. The average Bonchev–Trinajstić information content (AvgIpc) is 2.55. The molecule has 0 bridgehead atoms. The average molecular weight is 300 g/mol. The van der Waals surface area contributed by atoms with Gasteiger partial charge in [-0.15, -0.1) is 0 Å². The maximum absolute atomic E-state index is 12.1. The largest absolute Gasteiger partial charge is 0.382 e. The molecule has 0 atom stereocenters. The van der Waals surface area contributed by atoms with E-state index in [1.165, 1.54) is 10.6 Å². The molecule has 0 saturated carbocycles. The van der Waals surface area contributed by atoms with Crippen molar-refractivity contribution in [3.05, 3.63) is 64.6 Å². The van der Waals surface area contributed by atoms with Gasteiger partial charge in [-0.3, -0.25) is 14.2 Å². The monoisotopic (exact) mass is 300 g/mol. The summed E-state index contributed by atoms with van der Waals surface area (Å²) in [5.74, 6) is -0.193. The smallest absolute Gasteiger partial charge is 0.255 e. The van der Waals surface area contributed by atoms with Gasteiger partial charge < -0.3 is 10.1 Å². The molecule has 2 rings (SSSR count). The van der Waals surface area contributed by atoms with Crippen molar-refractivity contribution in [2.75, 3.05) is 19.8 Å². The first-order valence-electron chi connectivity index (χ1n) is 7.36. The molecular weight excluding hydrogens is 280 g/mol. The molecule has 116 valence electrons. The van der Waals surface area contributed by atoms with Crippen LogP contribution in [0.25, 0.3) is 5.69 Å². The van der Waals surface area contributed by atoms with Crippen molar-refractivity contribution < 1.29 is 9.53 Å². The molecule has 1 aromatic carbocycles. The van der Waals surface area contributed by atoms with Crippen LogP contribution >= 0.6 is 0 Å². The Morgan fingerprint density at radius 1 is 1.18 bits per heavy atom. The zero-order chi connectivity index (χ0) is 15.8. The fourth-order valence-electron chi connectivity index (χ4n) is 2.03. The molecular formula is C17H20N2O3. The van der Waals surface area contributed by atoms with Crippen LogP contribution in [0.5, 0.6) is 0 Å². The molecule has 1 heterocycles. The first kappa shape index (κ1) is 16.0. The van der Waals surface area contributed by atoms with Crippen molar-refractivity contribution in [1.29, 1.82) is 0 Å². The van der Waals surface area contributed by atoms with Crippen molar-refractivity contribution in [3.63, 3.8) is 0 Å². The molecule has 0 radical (unpaired) electrons. The lowest BCUT2D eigenvalue weighted by atomic mass is 10.2. The van der Waals surface area contributed by atoms with Crippen LogP contribution in [0.15, 0.2) is 53.5 Å². The summed E-state index contributed by atoms with van der Waals surface area (Å²) in [6.07, 6.45) is 2.33. The summed E-state index contributed by atoms with van der Waals surface area (Å²) in [4.78, 5) is 24.0. The number of aromatic nitrogens is 1. The normalized spacial score (nSPS) is 10.4. The van der Waals surface area contributed by atoms with E-state index in [4.69, 9.17) is 4.74 Å². The number of benzene rings is 1. The Balaban J connectivity index is 2.06. The molecule has 5 heteroatoms. The van der Waals surface area contributed by atoms with Gasteiger partial charge >= 0.3 is 0 Å². The minimum atomic E-state index is -0.193. The van der Waals surface area contributed by atoms with Crippen LogP contribution in [-0.4, -0.2) is 30.2 Å². The lowest BCUT2D eigenvalue weighted by molar-refractivity contribution is 0.0943. The topological polar surface area (TPSA) is 60.3 Å². The van der Waals surface area contributed by atoms with Crippen LogP contribution in [0.3, 0.4) is 0 Å². The van der Waals surface area contributed by atoms with E-state index in [0.29, 0.717) is 25.3 Å². The molecule has 0 unspecified atom stereocenters. The summed E-state index contributed by atoms with van der Waals surface area (Å²) in [6.45, 7) is 3.78. The van der Waals surface area contributed by atoms with Crippen molar-refractivity contribution in [3.8, 4) is 5.69 Å². The summed E-state index contributed by atoms with van der Waals surface area (Å²) in [5, 5.41) is 2.82. The zero-order valence-electron chi connectivity index (χ0n) is 12.6. The second-order valence-electron chi connectivity index (χ2n) is 4.77. The SMILES string of the molecule is CCOCCCNC(=O)c1ccc(=O)n(-c2ccccc2)c1. The Morgan fingerprint density at radius 3 is 2.68 bits per heavy atom. The second-order valence-corrected chi connectivity index (χ2v) is 4.77. The van der Waals surface area contributed by atoms with Crippen LogP contribution in [0.4, 0.5) is 0 Å². The van der Waals surface area contributed by atoms with Crippen LogP contribution in [0.2, 0.25) is 0 Å². The highest BCUT2D eigenvalue weighted by Gasteiger charge is 2.08. The molecule has 5 nitrogen and oxygen atoms in total. The van der Waals surface area contributed by atoms with Crippen molar-refractivity contribution in [1.82, 2.24) is 9.88 Å². The molecule has 2 aromatic rings. The Kier molecular flexibility index (Phi) is 5.91. The first-order valence-corrected chi connectivity index (χ1v) is 7.36. The summed E-state index contributed by atoms with van der Waals surface area (Å²) in [5.41, 5.74) is 1.03. The van der Waals surface area contributed by atoms with Crippen molar-refractivity contribution in [2.45, 2.75) is 13.3 Å². The minimum Gasteiger partial charge on any atom is -0.382 e. The Morgan fingerprint density at radius 2 is 1.95 bits per heavy atom. The Labute approximate surface area is 129 Å². The summed E-state index contributed by atoms with van der Waals surface area (Å²) in [7, 11) is 0. The van der Waals surface area contributed by atoms with Crippen LogP contribution < -0.4 is 10.9 Å². The highest BCUT2D eigenvalue weighted by Crippen LogP contribution is 2.05. The van der Waals surface area contributed by atoms with Gasteiger partial charge in [0, 0.05) is 37.7 Å². The number of hydrogen-bond donors (Lipinski definition) is 1. The highest BCUT2D eigenvalue weighted by molar-refractivity contribution is 5.93. The number of ether oxygens (including phenoxy) is 1. The third kappa shape index (κ3) is 4.30. The van der Waals surface area contributed by atoms with E-state index in [0.717, 1.165) is 12.1 Å². The Bertz CT molecular complexity index is 665. The molecule has 0 spiro atoms. The maximum atomic E-state index is 12.1. The van der Waals surface area contributed by atoms with E-state index in [9.17, 15) is 9.59 Å². The molecule has 0 saturated heterocycles. The van der Waals surface area contributed by atoms with Crippen molar-refractivity contribution >= 4 is 5.91 Å². The number of pyridine rings is 1. The van der Waals surface area contributed by atoms with Crippen LogP contribution in [0.1, 0.15) is 23.7 Å². The van der Waals surface area contributed by atoms with Gasteiger partial charge in [0.25, 0.3) is 11.5 Å². The number of para-hydroxylation sites is 1. The molecule has 0 aliphatic carbocycles. The van der Waals surface area contributed by atoms with Crippen LogP contribution in [-0.2, 0) is 4.74 Å². The predicted molar refractivity (Wildman–Crippen MR) is 85.5 cm³/mol. The summed E-state index contributed by atoms with van der Waals surface area (Å²) < 4.78 is 6.68. The third-order valence-electron chi connectivity index (χ3n) is 3.16. The van der Waals surface area contributed by atoms with Crippen molar-refractivity contribution in [2.24, 2.45) is 0 Å². The molecule has 22 heavy (non-hydrogen) atoms. The lowest BCUT2D eigenvalue weighted by Crippen LogP contribution is -2.27. The number of carbonyl (C=O) groups is 1. The van der Waals surface area contributed by atoms with Gasteiger partial charge in [0.05, 0.1) is 5.56 Å². The standard InChI is InChI=1S/C17H20N2O3/c1-2-22-12-6-11-18-17(21)14-9-10-16(20)19(13-14)15-7-4-3-5-8-15/h3-5,7-10,13H,2,6,11-12H2,1H3,(H,18,21). The maximum Gasteiger partial charge on any atom is 0.255 e. The van der Waals surface area contributed by atoms with E-state index in [1.807, 2.05) is 37.3 Å². The van der Waals surface area contributed by atoms with E-state index in [-0.39, 0.29) is 11.5 Å². The fourth-order valence-corrected chi connectivity index (χ4v) is 2.03. The molecule has 0 aliphatic rings. The number of nitrogens with zero attached hydrogens (tertiary/aromatic N) is 1. The molecule has 1 N–H and O–H groups in total. The number of amides is 1. The van der Waals surface area contributed by atoms with Gasteiger partial charge in [-0.2, -0.15) is 0 Å². The Hall–Kier alpha value is -2.40. The zero-order valence-corrected chi connectivity index (χ0v) is 12.6.